The Morgan fingerprint density at radius 2 is 1.61 bits per heavy atom. The molecule has 1 heterocycles. The van der Waals surface area contributed by atoms with Crippen LogP contribution < -0.4 is 9.47 Å². The average Bonchev–Trinajstić information content (AvgIpc) is 3.22. The highest BCUT2D eigenvalue weighted by atomic mass is 16.5. The predicted octanol–water partition coefficient (Wildman–Crippen LogP) is 6.13. The van der Waals surface area contributed by atoms with Crippen LogP contribution in [0.5, 0.6) is 11.5 Å². The molecule has 0 spiro atoms. The molecule has 1 atom stereocenters. The number of aliphatic hydroxyl groups excluding tert-OH is 1. The number of hydrogen-bond acceptors (Lipinski definition) is 6. The molecule has 1 N–H and O–H groups in total. The van der Waals surface area contributed by atoms with Gasteiger partial charge in [-0.25, -0.2) is 0 Å². The lowest BCUT2D eigenvalue weighted by Crippen LogP contribution is -2.35. The minimum atomic E-state index is -0.707. The summed E-state index contributed by atoms with van der Waals surface area (Å²) < 4.78 is 11.8. The summed E-state index contributed by atoms with van der Waals surface area (Å²) in [6.07, 6.45) is 3.22. The van der Waals surface area contributed by atoms with Crippen molar-refractivity contribution in [2.45, 2.75) is 45.8 Å². The fourth-order valence-corrected chi connectivity index (χ4v) is 4.89. The molecular weight excluding hydrogens is 516 g/mol. The van der Waals surface area contributed by atoms with Crippen LogP contribution >= 0.6 is 0 Å². The lowest BCUT2D eigenvalue weighted by molar-refractivity contribution is -0.140. The molecule has 0 aliphatic carbocycles. The molecule has 0 bridgehead atoms. The van der Waals surface area contributed by atoms with E-state index < -0.39 is 17.7 Å². The molecule has 3 aromatic rings. The Bertz CT molecular complexity index is 1360. The summed E-state index contributed by atoms with van der Waals surface area (Å²) in [5.74, 6) is -0.134. The Labute approximate surface area is 243 Å². The van der Waals surface area contributed by atoms with Crippen LogP contribution in [0, 0.1) is 6.92 Å². The van der Waals surface area contributed by atoms with Gasteiger partial charge in [0.25, 0.3) is 11.7 Å². The number of aryl methyl sites for hydroxylation is 1. The van der Waals surface area contributed by atoms with E-state index in [1.807, 2.05) is 68.4 Å². The maximum Gasteiger partial charge on any atom is 0.295 e. The number of ketones is 1. The van der Waals surface area contributed by atoms with Gasteiger partial charge in [0.15, 0.2) is 0 Å². The molecule has 41 heavy (non-hydrogen) atoms. The van der Waals surface area contributed by atoms with E-state index in [4.69, 9.17) is 9.47 Å². The maximum atomic E-state index is 13.3. The average molecular weight is 557 g/mol. The van der Waals surface area contributed by atoms with Crippen molar-refractivity contribution in [2.75, 3.05) is 33.8 Å². The largest absolute Gasteiger partial charge is 0.507 e. The third-order valence-electron chi connectivity index (χ3n) is 7.16. The second-order valence-corrected chi connectivity index (χ2v) is 10.7. The van der Waals surface area contributed by atoms with Gasteiger partial charge in [-0.2, -0.15) is 0 Å². The van der Waals surface area contributed by atoms with E-state index in [1.165, 1.54) is 0 Å². The first-order chi connectivity index (χ1) is 19.8. The summed E-state index contributed by atoms with van der Waals surface area (Å²) >= 11 is 0. The first-order valence-electron chi connectivity index (χ1n) is 14.2. The van der Waals surface area contributed by atoms with Gasteiger partial charge in [0.05, 0.1) is 18.2 Å². The van der Waals surface area contributed by atoms with Gasteiger partial charge in [-0.05, 0) is 75.0 Å². The van der Waals surface area contributed by atoms with Gasteiger partial charge < -0.3 is 24.4 Å². The van der Waals surface area contributed by atoms with Crippen molar-refractivity contribution in [1.29, 1.82) is 0 Å². The molecule has 4 rings (SSSR count). The third kappa shape index (κ3) is 7.55. The first-order valence-corrected chi connectivity index (χ1v) is 14.2. The van der Waals surface area contributed by atoms with Gasteiger partial charge in [0.2, 0.25) is 0 Å². The molecule has 1 aliphatic heterocycles. The number of Topliss-reactive ketones (excluding diaryl/α,β-unsaturated/α-hetero) is 1. The Hall–Kier alpha value is -4.10. The lowest BCUT2D eigenvalue weighted by Gasteiger charge is -2.26. The molecule has 216 valence electrons. The third-order valence-corrected chi connectivity index (χ3v) is 7.16. The van der Waals surface area contributed by atoms with Crippen molar-refractivity contribution < 1.29 is 24.2 Å². The molecule has 3 aromatic carbocycles. The lowest BCUT2D eigenvalue weighted by atomic mass is 9.95. The zero-order valence-corrected chi connectivity index (χ0v) is 24.4. The number of ether oxygens (including phenoxy) is 2. The first kappa shape index (κ1) is 29.9. The molecule has 1 fully saturated rings. The van der Waals surface area contributed by atoms with Crippen LogP contribution in [-0.4, -0.2) is 60.4 Å². The van der Waals surface area contributed by atoms with Crippen LogP contribution in [0.25, 0.3) is 5.76 Å². The number of aliphatic hydroxyl groups is 1. The quantitative estimate of drug-likeness (QED) is 0.118. The molecule has 1 amide bonds. The van der Waals surface area contributed by atoms with Crippen molar-refractivity contribution in [1.82, 2.24) is 9.80 Å². The maximum absolute atomic E-state index is 13.3. The molecule has 0 saturated carbocycles. The van der Waals surface area contributed by atoms with Crippen LogP contribution in [0.1, 0.15) is 54.5 Å². The van der Waals surface area contributed by atoms with E-state index in [0.29, 0.717) is 37.6 Å². The molecule has 0 radical (unpaired) electrons. The number of rotatable bonds is 13. The summed E-state index contributed by atoms with van der Waals surface area (Å²) in [7, 11) is 3.83. The number of amides is 1. The van der Waals surface area contributed by atoms with Crippen molar-refractivity contribution in [3.05, 3.63) is 101 Å². The van der Waals surface area contributed by atoms with Crippen LogP contribution in [0.15, 0.2) is 78.4 Å². The highest BCUT2D eigenvalue weighted by Crippen LogP contribution is 2.40. The number of nitrogens with zero attached hydrogens (tertiary/aromatic N) is 2. The summed E-state index contributed by atoms with van der Waals surface area (Å²) in [5.41, 5.74) is 3.49. The van der Waals surface area contributed by atoms with Crippen molar-refractivity contribution in [3.63, 3.8) is 0 Å². The predicted molar refractivity (Wildman–Crippen MR) is 161 cm³/mol. The van der Waals surface area contributed by atoms with Gasteiger partial charge in [-0.3, -0.25) is 9.59 Å². The Balaban J connectivity index is 1.59. The van der Waals surface area contributed by atoms with E-state index in [9.17, 15) is 14.7 Å². The summed E-state index contributed by atoms with van der Waals surface area (Å²) in [5, 5.41) is 11.4. The number of likely N-dealkylation sites (tertiary alicyclic amines) is 1. The van der Waals surface area contributed by atoms with Crippen molar-refractivity contribution in [3.8, 4) is 11.5 Å². The highest BCUT2D eigenvalue weighted by molar-refractivity contribution is 6.46. The monoisotopic (exact) mass is 556 g/mol. The van der Waals surface area contributed by atoms with E-state index in [0.717, 1.165) is 41.7 Å². The molecule has 0 aromatic heterocycles. The summed E-state index contributed by atoms with van der Waals surface area (Å²) in [6, 6.07) is 21.8. The second kappa shape index (κ2) is 14.0. The number of benzene rings is 3. The topological polar surface area (TPSA) is 79.3 Å². The Morgan fingerprint density at radius 1 is 0.927 bits per heavy atom. The number of hydrogen-bond donors (Lipinski definition) is 1. The van der Waals surface area contributed by atoms with Gasteiger partial charge in [0.1, 0.15) is 23.9 Å². The minimum Gasteiger partial charge on any atom is -0.507 e. The Morgan fingerprint density at radius 3 is 2.27 bits per heavy atom. The molecule has 1 saturated heterocycles. The van der Waals surface area contributed by atoms with Crippen LogP contribution in [-0.2, 0) is 16.2 Å². The van der Waals surface area contributed by atoms with Crippen LogP contribution in [0.3, 0.4) is 0 Å². The normalized spacial score (nSPS) is 16.4. The van der Waals surface area contributed by atoms with Gasteiger partial charge in [-0.15, -0.1) is 0 Å². The fourth-order valence-electron chi connectivity index (χ4n) is 4.89. The zero-order chi connectivity index (χ0) is 29.4. The molecule has 1 unspecified atom stereocenters. The fraction of sp³-hybridized carbons (Fsp3) is 0.353. The molecule has 1 aliphatic rings. The Kier molecular flexibility index (Phi) is 10.2. The zero-order valence-electron chi connectivity index (χ0n) is 24.4. The van der Waals surface area contributed by atoms with Crippen molar-refractivity contribution in [2.24, 2.45) is 0 Å². The highest BCUT2D eigenvalue weighted by Gasteiger charge is 2.45. The van der Waals surface area contributed by atoms with E-state index >= 15 is 0 Å². The standard InChI is InChI=1S/C34H40N2O5/c1-5-6-7-21-40-28-15-11-26(12-16-28)31-30(33(38)34(39)36(31)20-19-35(3)4)32(37)27-13-17-29(18-14-27)41-23-25-10-8-9-24(2)22-25/h8-18,22,31,37H,5-7,19-21,23H2,1-4H3/b32-30+. The summed E-state index contributed by atoms with van der Waals surface area (Å²) in [4.78, 5) is 30.0. The van der Waals surface area contributed by atoms with Crippen molar-refractivity contribution >= 4 is 17.4 Å². The number of carbonyl (C=O) groups is 2. The smallest absolute Gasteiger partial charge is 0.295 e. The van der Waals surface area contributed by atoms with Gasteiger partial charge >= 0.3 is 0 Å². The molecule has 7 nitrogen and oxygen atoms in total. The van der Waals surface area contributed by atoms with E-state index in [2.05, 4.69) is 13.0 Å². The molecule has 7 heteroatoms. The minimum absolute atomic E-state index is 0.0822. The number of likely N-dealkylation sites (N-methyl/N-ethyl adjacent to an activating group) is 1. The van der Waals surface area contributed by atoms with Crippen LogP contribution in [0.2, 0.25) is 0 Å². The van der Waals surface area contributed by atoms with Gasteiger partial charge in [-0.1, -0.05) is 61.7 Å². The van der Waals surface area contributed by atoms with Gasteiger partial charge in [0, 0.05) is 18.7 Å². The van der Waals surface area contributed by atoms with Crippen LogP contribution in [0.4, 0.5) is 0 Å². The SMILES string of the molecule is CCCCCOc1ccc(C2/C(=C(\O)c3ccc(OCc4cccc(C)c4)cc3)C(=O)C(=O)N2CCN(C)C)cc1. The van der Waals surface area contributed by atoms with E-state index in [1.54, 1.807) is 29.2 Å². The number of carbonyl (C=O) groups excluding carboxylic acids is 2. The number of unbranched alkanes of at least 4 members (excludes halogenated alkanes) is 2. The second-order valence-electron chi connectivity index (χ2n) is 10.7. The van der Waals surface area contributed by atoms with E-state index in [-0.39, 0.29) is 11.3 Å². The molecular formula is C34H40N2O5. The summed E-state index contributed by atoms with van der Waals surface area (Å²) in [6.45, 7) is 6.17.